The van der Waals surface area contributed by atoms with E-state index in [1.54, 1.807) is 0 Å². The van der Waals surface area contributed by atoms with Gasteiger partial charge in [0.05, 0.1) is 12.3 Å². The molecule has 0 spiro atoms. The molecule has 0 fully saturated rings. The van der Waals surface area contributed by atoms with Crippen LogP contribution in [0.15, 0.2) is 65.7 Å². The number of ether oxygens (including phenoxy) is 1. The fourth-order valence-electron chi connectivity index (χ4n) is 2.21. The smallest absolute Gasteiger partial charge is 0.330 e. The van der Waals surface area contributed by atoms with Crippen LogP contribution in [0, 0.1) is 0 Å². The molecule has 0 saturated heterocycles. The van der Waals surface area contributed by atoms with Crippen molar-refractivity contribution in [3.8, 4) is 0 Å². The first-order chi connectivity index (χ1) is 10.8. The Morgan fingerprint density at radius 3 is 1.86 bits per heavy atom. The van der Waals surface area contributed by atoms with Gasteiger partial charge in [0.25, 0.3) is 0 Å². The van der Waals surface area contributed by atoms with Crippen molar-refractivity contribution in [2.24, 2.45) is 4.99 Å². The fourth-order valence-corrected chi connectivity index (χ4v) is 2.21. The number of nitrogens with zero attached hydrogens (tertiary/aromatic N) is 1. The van der Waals surface area contributed by atoms with Gasteiger partial charge in [-0.25, -0.2) is 4.79 Å². The van der Waals surface area contributed by atoms with E-state index in [4.69, 9.17) is 9.73 Å². The standard InChI is InChI=1S/C19H21NO2/c1-3-17(19(21)22-4-2)20-18(15-11-7-5-8-12-15)16-13-9-6-10-14-16/h5-14,17H,3-4H2,1-2H3/t17-/m0/s1. The van der Waals surface area contributed by atoms with Gasteiger partial charge in [0, 0.05) is 11.1 Å². The van der Waals surface area contributed by atoms with Crippen LogP contribution in [-0.2, 0) is 9.53 Å². The molecule has 1 atom stereocenters. The van der Waals surface area contributed by atoms with E-state index in [2.05, 4.69) is 0 Å². The van der Waals surface area contributed by atoms with Crippen LogP contribution in [0.5, 0.6) is 0 Å². The van der Waals surface area contributed by atoms with E-state index < -0.39 is 6.04 Å². The van der Waals surface area contributed by atoms with Gasteiger partial charge >= 0.3 is 5.97 Å². The van der Waals surface area contributed by atoms with Gasteiger partial charge in [0.1, 0.15) is 6.04 Å². The SMILES string of the molecule is CCOC(=O)[C@H](CC)N=C(c1ccccc1)c1ccccc1. The molecule has 0 aliphatic rings. The zero-order chi connectivity index (χ0) is 15.8. The molecule has 0 aliphatic heterocycles. The maximum Gasteiger partial charge on any atom is 0.330 e. The van der Waals surface area contributed by atoms with E-state index in [0.717, 1.165) is 16.8 Å². The number of esters is 1. The number of benzene rings is 2. The van der Waals surface area contributed by atoms with Gasteiger partial charge in [0.2, 0.25) is 0 Å². The Balaban J connectivity index is 2.44. The van der Waals surface area contributed by atoms with Crippen LogP contribution in [0.4, 0.5) is 0 Å². The quantitative estimate of drug-likeness (QED) is 0.599. The third kappa shape index (κ3) is 4.04. The summed E-state index contributed by atoms with van der Waals surface area (Å²) in [6, 6.07) is 19.4. The number of carbonyl (C=O) groups excluding carboxylic acids is 1. The van der Waals surface area contributed by atoms with Crippen LogP contribution in [0.1, 0.15) is 31.4 Å². The molecule has 2 aromatic rings. The Kier molecular flexibility index (Phi) is 5.90. The maximum atomic E-state index is 12.0. The number of hydrogen-bond acceptors (Lipinski definition) is 3. The van der Waals surface area contributed by atoms with Crippen molar-refractivity contribution < 1.29 is 9.53 Å². The molecule has 0 N–H and O–H groups in total. The summed E-state index contributed by atoms with van der Waals surface area (Å²) in [5, 5.41) is 0. The summed E-state index contributed by atoms with van der Waals surface area (Å²) in [4.78, 5) is 16.7. The highest BCUT2D eigenvalue weighted by Crippen LogP contribution is 2.14. The average Bonchev–Trinajstić information content (AvgIpc) is 2.57. The molecule has 3 nitrogen and oxygen atoms in total. The molecule has 3 heteroatoms. The molecule has 0 saturated carbocycles. The number of carbonyl (C=O) groups is 1. The minimum Gasteiger partial charge on any atom is -0.464 e. The molecule has 22 heavy (non-hydrogen) atoms. The van der Waals surface area contributed by atoms with Crippen molar-refractivity contribution in [3.63, 3.8) is 0 Å². The number of hydrogen-bond donors (Lipinski definition) is 0. The second kappa shape index (κ2) is 8.13. The normalized spacial score (nSPS) is 11.5. The van der Waals surface area contributed by atoms with Gasteiger partial charge in [-0.2, -0.15) is 0 Å². The van der Waals surface area contributed by atoms with Crippen LogP contribution in [-0.4, -0.2) is 24.3 Å². The summed E-state index contributed by atoms with van der Waals surface area (Å²) in [5.74, 6) is -0.269. The predicted molar refractivity (Wildman–Crippen MR) is 89.2 cm³/mol. The second-order valence-electron chi connectivity index (χ2n) is 4.89. The molecule has 0 aromatic heterocycles. The van der Waals surface area contributed by atoms with E-state index >= 15 is 0 Å². The zero-order valence-corrected chi connectivity index (χ0v) is 13.0. The first-order valence-electron chi connectivity index (χ1n) is 7.61. The van der Waals surface area contributed by atoms with Crippen molar-refractivity contribution in [3.05, 3.63) is 71.8 Å². The van der Waals surface area contributed by atoms with Crippen LogP contribution in [0.2, 0.25) is 0 Å². The summed E-state index contributed by atoms with van der Waals surface area (Å²) < 4.78 is 5.12. The molecule has 0 unspecified atom stereocenters. The van der Waals surface area contributed by atoms with Crippen LogP contribution >= 0.6 is 0 Å². The second-order valence-corrected chi connectivity index (χ2v) is 4.89. The first kappa shape index (κ1) is 16.0. The van der Waals surface area contributed by atoms with Gasteiger partial charge in [-0.1, -0.05) is 67.6 Å². The third-order valence-electron chi connectivity index (χ3n) is 3.32. The lowest BCUT2D eigenvalue weighted by Gasteiger charge is -2.13. The van der Waals surface area contributed by atoms with Crippen molar-refractivity contribution >= 4 is 11.7 Å². The Hall–Kier alpha value is -2.42. The molecule has 0 heterocycles. The van der Waals surface area contributed by atoms with Gasteiger partial charge in [-0.05, 0) is 13.3 Å². The number of aliphatic imine (C=N–C) groups is 1. The molecular weight excluding hydrogens is 274 g/mol. The summed E-state index contributed by atoms with van der Waals surface area (Å²) in [6.45, 7) is 4.12. The molecule has 0 bridgehead atoms. The Bertz CT molecular complexity index is 579. The molecule has 2 rings (SSSR count). The topological polar surface area (TPSA) is 38.7 Å². The monoisotopic (exact) mass is 295 g/mol. The van der Waals surface area contributed by atoms with Crippen LogP contribution in [0.3, 0.4) is 0 Å². The van der Waals surface area contributed by atoms with Crippen molar-refractivity contribution in [1.29, 1.82) is 0 Å². The Morgan fingerprint density at radius 1 is 0.955 bits per heavy atom. The molecule has 2 aromatic carbocycles. The third-order valence-corrected chi connectivity index (χ3v) is 3.32. The predicted octanol–water partition coefficient (Wildman–Crippen LogP) is 3.87. The molecule has 0 amide bonds. The minimum absolute atomic E-state index is 0.269. The lowest BCUT2D eigenvalue weighted by Crippen LogP contribution is -2.23. The lowest BCUT2D eigenvalue weighted by atomic mass is 10.0. The molecule has 0 radical (unpaired) electrons. The fraction of sp³-hybridized carbons (Fsp3) is 0.263. The van der Waals surface area contributed by atoms with Gasteiger partial charge in [0.15, 0.2) is 0 Å². The first-order valence-corrected chi connectivity index (χ1v) is 7.61. The Labute approximate surface area is 131 Å². The lowest BCUT2D eigenvalue weighted by molar-refractivity contribution is -0.144. The van der Waals surface area contributed by atoms with Crippen molar-refractivity contribution in [1.82, 2.24) is 0 Å². The van der Waals surface area contributed by atoms with Crippen LogP contribution in [0.25, 0.3) is 0 Å². The average molecular weight is 295 g/mol. The van der Waals surface area contributed by atoms with E-state index in [1.165, 1.54) is 0 Å². The van der Waals surface area contributed by atoms with Crippen LogP contribution < -0.4 is 0 Å². The highest BCUT2D eigenvalue weighted by Gasteiger charge is 2.18. The largest absolute Gasteiger partial charge is 0.464 e. The van der Waals surface area contributed by atoms with Gasteiger partial charge < -0.3 is 4.74 Å². The minimum atomic E-state index is -0.477. The summed E-state index contributed by atoms with van der Waals surface area (Å²) in [6.07, 6.45) is 0.613. The Morgan fingerprint density at radius 2 is 1.45 bits per heavy atom. The molecule has 114 valence electrons. The molecular formula is C19H21NO2. The summed E-state index contributed by atoms with van der Waals surface area (Å²) in [7, 11) is 0. The van der Waals surface area contributed by atoms with Gasteiger partial charge in [-0.15, -0.1) is 0 Å². The summed E-state index contributed by atoms with van der Waals surface area (Å²) >= 11 is 0. The van der Waals surface area contributed by atoms with E-state index in [-0.39, 0.29) is 5.97 Å². The van der Waals surface area contributed by atoms with Crippen molar-refractivity contribution in [2.45, 2.75) is 26.3 Å². The maximum absolute atomic E-state index is 12.0. The zero-order valence-electron chi connectivity index (χ0n) is 13.0. The molecule has 0 aliphatic carbocycles. The van der Waals surface area contributed by atoms with E-state index in [9.17, 15) is 4.79 Å². The van der Waals surface area contributed by atoms with E-state index in [0.29, 0.717) is 13.0 Å². The highest BCUT2D eigenvalue weighted by molar-refractivity contribution is 6.13. The highest BCUT2D eigenvalue weighted by atomic mass is 16.5. The summed E-state index contributed by atoms with van der Waals surface area (Å²) in [5.41, 5.74) is 2.81. The number of rotatable bonds is 6. The van der Waals surface area contributed by atoms with E-state index in [1.807, 2.05) is 74.5 Å². The van der Waals surface area contributed by atoms with Crippen molar-refractivity contribution in [2.75, 3.05) is 6.61 Å². The van der Waals surface area contributed by atoms with Gasteiger partial charge in [-0.3, -0.25) is 4.99 Å².